The molecule has 9 heteroatoms. The number of benzene rings is 2. The number of hydrogen-bond donors (Lipinski definition) is 1. The SMILES string of the molecule is C[C@H](Oc1cccc(-c2cccc(-n3ncc(C(=O)O)c3[C@@H]3C[C@H]3c3cn(CCN(C)C)nn3)c2)c1)C1CCCCC1. The van der Waals surface area contributed by atoms with Gasteiger partial charge in [0.1, 0.15) is 11.3 Å². The Morgan fingerprint density at radius 3 is 2.60 bits per heavy atom. The average molecular weight is 569 g/mol. The van der Waals surface area contributed by atoms with Gasteiger partial charge in [0.2, 0.25) is 0 Å². The number of aromatic carboxylic acids is 1. The van der Waals surface area contributed by atoms with E-state index in [0.29, 0.717) is 11.6 Å². The van der Waals surface area contributed by atoms with Crippen molar-refractivity contribution in [2.75, 3.05) is 20.6 Å². The van der Waals surface area contributed by atoms with Gasteiger partial charge in [-0.3, -0.25) is 4.68 Å². The van der Waals surface area contributed by atoms with Crippen LogP contribution in [-0.2, 0) is 6.54 Å². The van der Waals surface area contributed by atoms with Crippen LogP contribution in [0.5, 0.6) is 5.75 Å². The summed E-state index contributed by atoms with van der Waals surface area (Å²) in [6, 6.07) is 16.4. The monoisotopic (exact) mass is 568 g/mol. The Hall–Kier alpha value is -3.98. The normalized spacial score (nSPS) is 19.6. The molecule has 2 aromatic carbocycles. The zero-order valence-corrected chi connectivity index (χ0v) is 24.7. The van der Waals surface area contributed by atoms with E-state index in [-0.39, 0.29) is 23.5 Å². The highest BCUT2D eigenvalue weighted by Crippen LogP contribution is 2.55. The minimum atomic E-state index is -0.968. The molecule has 2 aliphatic rings. The summed E-state index contributed by atoms with van der Waals surface area (Å²) in [7, 11) is 4.06. The highest BCUT2D eigenvalue weighted by atomic mass is 16.5. The number of ether oxygens (including phenoxy) is 1. The molecule has 2 aromatic heterocycles. The first-order chi connectivity index (χ1) is 20.4. The first-order valence-electron chi connectivity index (χ1n) is 15.1. The van der Waals surface area contributed by atoms with E-state index in [1.165, 1.54) is 38.3 Å². The van der Waals surface area contributed by atoms with E-state index in [1.807, 2.05) is 49.2 Å². The lowest BCUT2D eigenvalue weighted by molar-refractivity contribution is 0.0695. The lowest BCUT2D eigenvalue weighted by Gasteiger charge is -2.28. The van der Waals surface area contributed by atoms with E-state index >= 15 is 0 Å². The third-order valence-corrected chi connectivity index (χ3v) is 8.78. The summed E-state index contributed by atoms with van der Waals surface area (Å²) in [4.78, 5) is 14.3. The van der Waals surface area contributed by atoms with Crippen LogP contribution < -0.4 is 4.74 Å². The Bertz CT molecular complexity index is 1540. The third kappa shape index (κ3) is 6.11. The zero-order valence-electron chi connectivity index (χ0n) is 24.7. The second-order valence-corrected chi connectivity index (χ2v) is 12.1. The van der Waals surface area contributed by atoms with Crippen molar-refractivity contribution in [2.24, 2.45) is 5.92 Å². The molecule has 0 saturated heterocycles. The molecular weight excluding hydrogens is 528 g/mol. The van der Waals surface area contributed by atoms with E-state index < -0.39 is 5.97 Å². The van der Waals surface area contributed by atoms with Crippen molar-refractivity contribution in [3.05, 3.63) is 77.9 Å². The Morgan fingerprint density at radius 2 is 1.83 bits per heavy atom. The number of aromatic nitrogens is 5. The van der Waals surface area contributed by atoms with Crippen LogP contribution in [0.2, 0.25) is 0 Å². The summed E-state index contributed by atoms with van der Waals surface area (Å²) in [6.45, 7) is 3.82. The molecule has 0 spiro atoms. The van der Waals surface area contributed by atoms with Crippen molar-refractivity contribution in [1.82, 2.24) is 29.7 Å². The Morgan fingerprint density at radius 1 is 1.07 bits per heavy atom. The molecule has 4 aromatic rings. The van der Waals surface area contributed by atoms with Gasteiger partial charge >= 0.3 is 5.97 Å². The van der Waals surface area contributed by atoms with Gasteiger partial charge in [0, 0.05) is 24.6 Å². The maximum Gasteiger partial charge on any atom is 0.339 e. The van der Waals surface area contributed by atoms with E-state index in [0.717, 1.165) is 47.8 Å². The molecule has 0 aliphatic heterocycles. The quantitative estimate of drug-likeness (QED) is 0.237. The van der Waals surface area contributed by atoms with Gasteiger partial charge in [-0.05, 0) is 81.6 Å². The first-order valence-corrected chi connectivity index (χ1v) is 15.1. The van der Waals surface area contributed by atoms with Crippen LogP contribution in [0.25, 0.3) is 16.8 Å². The van der Waals surface area contributed by atoms with Crippen molar-refractivity contribution < 1.29 is 14.6 Å². The van der Waals surface area contributed by atoms with Crippen molar-refractivity contribution in [3.8, 4) is 22.6 Å². The topological polar surface area (TPSA) is 98.3 Å². The minimum Gasteiger partial charge on any atom is -0.490 e. The molecule has 0 amide bonds. The number of likely N-dealkylation sites (N-methyl/N-ethyl adjacent to an activating group) is 1. The average Bonchev–Trinajstić information content (AvgIpc) is 3.42. The highest BCUT2D eigenvalue weighted by Gasteiger charge is 2.46. The summed E-state index contributed by atoms with van der Waals surface area (Å²) in [6.07, 6.45) is 10.9. The molecule has 2 fully saturated rings. The van der Waals surface area contributed by atoms with Crippen molar-refractivity contribution in [2.45, 2.75) is 69.9 Å². The summed E-state index contributed by atoms with van der Waals surface area (Å²) in [5.74, 6) is 0.656. The molecule has 6 rings (SSSR count). The van der Waals surface area contributed by atoms with Gasteiger partial charge in [0.25, 0.3) is 0 Å². The number of carbonyl (C=O) groups is 1. The summed E-state index contributed by atoms with van der Waals surface area (Å²) >= 11 is 0. The number of hydrogen-bond acceptors (Lipinski definition) is 6. The van der Waals surface area contributed by atoms with Crippen LogP contribution in [0.1, 0.15) is 79.0 Å². The number of carboxylic acids is 1. The van der Waals surface area contributed by atoms with E-state index in [1.54, 1.807) is 4.68 Å². The minimum absolute atomic E-state index is 0.0132. The van der Waals surface area contributed by atoms with Gasteiger partial charge in [-0.1, -0.05) is 48.7 Å². The second kappa shape index (κ2) is 12.1. The van der Waals surface area contributed by atoms with Crippen molar-refractivity contribution >= 4 is 5.97 Å². The van der Waals surface area contributed by atoms with Gasteiger partial charge in [0.15, 0.2) is 0 Å². The second-order valence-electron chi connectivity index (χ2n) is 12.1. The smallest absolute Gasteiger partial charge is 0.339 e. The maximum atomic E-state index is 12.2. The number of rotatable bonds is 11. The van der Waals surface area contributed by atoms with Gasteiger partial charge in [-0.25, -0.2) is 9.48 Å². The summed E-state index contributed by atoms with van der Waals surface area (Å²) < 4.78 is 10.1. The fraction of sp³-hybridized carbons (Fsp3) is 0.455. The molecule has 42 heavy (non-hydrogen) atoms. The van der Waals surface area contributed by atoms with Crippen LogP contribution in [0.4, 0.5) is 0 Å². The molecule has 0 radical (unpaired) electrons. The predicted octanol–water partition coefficient (Wildman–Crippen LogP) is 6.01. The lowest BCUT2D eigenvalue weighted by atomic mass is 9.86. The Balaban J connectivity index is 1.23. The summed E-state index contributed by atoms with van der Waals surface area (Å²) in [5.41, 5.74) is 4.76. The van der Waals surface area contributed by atoms with Crippen LogP contribution in [0.3, 0.4) is 0 Å². The molecule has 220 valence electrons. The van der Waals surface area contributed by atoms with Gasteiger partial charge in [-0.2, -0.15) is 5.10 Å². The van der Waals surface area contributed by atoms with Crippen LogP contribution in [-0.4, -0.2) is 67.5 Å². The van der Waals surface area contributed by atoms with Crippen molar-refractivity contribution in [1.29, 1.82) is 0 Å². The predicted molar refractivity (Wildman–Crippen MR) is 161 cm³/mol. The van der Waals surface area contributed by atoms with Gasteiger partial charge in [-0.15, -0.1) is 5.10 Å². The number of nitrogens with zero attached hydrogens (tertiary/aromatic N) is 6. The van der Waals surface area contributed by atoms with E-state index in [9.17, 15) is 9.90 Å². The molecule has 3 atom stereocenters. The largest absolute Gasteiger partial charge is 0.490 e. The lowest BCUT2D eigenvalue weighted by Crippen LogP contribution is -2.25. The molecule has 2 heterocycles. The van der Waals surface area contributed by atoms with Gasteiger partial charge in [0.05, 0.1) is 35.9 Å². The number of carboxylic acid groups (broad SMARTS) is 1. The standard InChI is InChI=1S/C33H40N6O3/c1-22(23-9-5-4-6-10-23)42-27-14-8-12-25(18-27)24-11-7-13-26(17-24)39-32(30(20-34-39)33(40)41)29-19-28(29)31-21-38(36-35-31)16-15-37(2)3/h7-8,11-14,17-18,20-23,28-29H,4-6,9-10,15-16,19H2,1-3H3,(H,40,41)/t22-,28+,29+/m0/s1. The maximum absolute atomic E-state index is 12.2. The summed E-state index contributed by atoms with van der Waals surface area (Å²) in [5, 5.41) is 23.3. The molecule has 1 N–H and O–H groups in total. The van der Waals surface area contributed by atoms with Crippen LogP contribution in [0.15, 0.2) is 60.9 Å². The third-order valence-electron chi connectivity index (χ3n) is 8.78. The molecule has 0 bridgehead atoms. The molecule has 2 aliphatic carbocycles. The fourth-order valence-electron chi connectivity index (χ4n) is 6.28. The van der Waals surface area contributed by atoms with Crippen LogP contribution in [0, 0.1) is 5.92 Å². The highest BCUT2D eigenvalue weighted by molar-refractivity contribution is 5.89. The fourth-order valence-corrected chi connectivity index (χ4v) is 6.28. The van der Waals surface area contributed by atoms with Crippen molar-refractivity contribution in [3.63, 3.8) is 0 Å². The molecule has 9 nitrogen and oxygen atoms in total. The van der Waals surface area contributed by atoms with E-state index in [2.05, 4.69) is 51.5 Å². The molecule has 0 unspecified atom stereocenters. The van der Waals surface area contributed by atoms with Gasteiger partial charge < -0.3 is 14.7 Å². The molecule has 2 saturated carbocycles. The van der Waals surface area contributed by atoms with E-state index in [4.69, 9.17) is 4.74 Å². The first kappa shape index (κ1) is 28.2. The Labute approximate surface area is 247 Å². The molecular formula is C33H40N6O3. The zero-order chi connectivity index (χ0) is 29.2. The van der Waals surface area contributed by atoms with Crippen LogP contribution >= 0.6 is 0 Å². The Kier molecular flexibility index (Phi) is 8.11.